The number of benzene rings is 1. The van der Waals surface area contributed by atoms with Gasteiger partial charge in [0.25, 0.3) is 5.69 Å². The first-order valence-electron chi connectivity index (χ1n) is 4.26. The summed E-state index contributed by atoms with van der Waals surface area (Å²) in [4.78, 5) is 20.6. The van der Waals surface area contributed by atoms with Crippen molar-refractivity contribution in [2.45, 2.75) is 13.2 Å². The second-order valence-electron chi connectivity index (χ2n) is 3.02. The second-order valence-corrected chi connectivity index (χ2v) is 3.02. The van der Waals surface area contributed by atoms with Crippen molar-refractivity contribution in [3.8, 4) is 0 Å². The minimum atomic E-state index is -1.28. The fraction of sp³-hybridized carbons (Fsp3) is 0.222. The summed E-state index contributed by atoms with van der Waals surface area (Å²) in [5.41, 5.74) is -0.920. The van der Waals surface area contributed by atoms with Crippen LogP contribution in [0.2, 0.25) is 0 Å². The number of carbonyl (C=O) groups is 1. The molecule has 0 radical (unpaired) electrons. The fourth-order valence-corrected chi connectivity index (χ4v) is 1.36. The van der Waals surface area contributed by atoms with Crippen LogP contribution in [0.5, 0.6) is 0 Å². The minimum absolute atomic E-state index is 0.131. The molecule has 86 valence electrons. The Labute approximate surface area is 89.7 Å². The molecule has 1 aromatic rings. The summed E-state index contributed by atoms with van der Waals surface area (Å²) >= 11 is 0. The largest absolute Gasteiger partial charge is 0.478 e. The molecule has 0 spiro atoms. The molecule has 7 heteroatoms. The molecule has 16 heavy (non-hydrogen) atoms. The lowest BCUT2D eigenvalue weighted by atomic mass is 10.0. The number of nitrogens with zero attached hydrogens (tertiary/aromatic N) is 1. The molecule has 0 unspecified atom stereocenters. The maximum Gasteiger partial charge on any atom is 0.335 e. The molecule has 0 aliphatic heterocycles. The number of nitro groups is 1. The Morgan fingerprint density at radius 2 is 1.69 bits per heavy atom. The molecular formula is C9H9NO6. The lowest BCUT2D eigenvalue weighted by molar-refractivity contribution is -0.386. The summed E-state index contributed by atoms with van der Waals surface area (Å²) in [6.07, 6.45) is 0. The normalized spacial score (nSPS) is 10.1. The van der Waals surface area contributed by atoms with E-state index in [-0.39, 0.29) is 16.7 Å². The van der Waals surface area contributed by atoms with E-state index in [9.17, 15) is 14.9 Å². The molecule has 1 rings (SSSR count). The van der Waals surface area contributed by atoms with Crippen molar-refractivity contribution in [1.82, 2.24) is 0 Å². The van der Waals surface area contributed by atoms with Gasteiger partial charge in [-0.25, -0.2) is 4.79 Å². The van der Waals surface area contributed by atoms with Gasteiger partial charge in [0.05, 0.1) is 34.8 Å². The maximum absolute atomic E-state index is 10.7. The van der Waals surface area contributed by atoms with Crippen LogP contribution in [0.15, 0.2) is 12.1 Å². The standard InChI is InChI=1S/C9H9NO6/c11-3-6-1-5(9(13)14)2-7(4-12)8(6)10(15)16/h1-2,11-12H,3-4H2,(H,13,14). The van der Waals surface area contributed by atoms with E-state index in [0.717, 1.165) is 12.1 Å². The highest BCUT2D eigenvalue weighted by molar-refractivity contribution is 5.88. The molecule has 0 saturated heterocycles. The van der Waals surface area contributed by atoms with Gasteiger partial charge in [-0.05, 0) is 12.1 Å². The van der Waals surface area contributed by atoms with E-state index in [1.54, 1.807) is 0 Å². The van der Waals surface area contributed by atoms with Gasteiger partial charge in [0.2, 0.25) is 0 Å². The van der Waals surface area contributed by atoms with Gasteiger partial charge in [0.15, 0.2) is 0 Å². The van der Waals surface area contributed by atoms with E-state index >= 15 is 0 Å². The fourth-order valence-electron chi connectivity index (χ4n) is 1.36. The molecule has 0 aromatic heterocycles. The number of aliphatic hydroxyl groups excluding tert-OH is 2. The average Bonchev–Trinajstić information content (AvgIpc) is 2.26. The topological polar surface area (TPSA) is 121 Å². The predicted octanol–water partition coefficient (Wildman–Crippen LogP) is 0.278. The van der Waals surface area contributed by atoms with Crippen LogP contribution in [0.4, 0.5) is 5.69 Å². The van der Waals surface area contributed by atoms with Crippen LogP contribution in [-0.2, 0) is 13.2 Å². The van der Waals surface area contributed by atoms with E-state index in [4.69, 9.17) is 15.3 Å². The van der Waals surface area contributed by atoms with Crippen LogP contribution in [0.1, 0.15) is 21.5 Å². The van der Waals surface area contributed by atoms with Gasteiger partial charge in [-0.15, -0.1) is 0 Å². The van der Waals surface area contributed by atoms with Crippen LogP contribution >= 0.6 is 0 Å². The number of aliphatic hydroxyl groups is 2. The Kier molecular flexibility index (Phi) is 3.54. The molecule has 0 bridgehead atoms. The molecule has 0 amide bonds. The highest BCUT2D eigenvalue weighted by atomic mass is 16.6. The lowest BCUT2D eigenvalue weighted by Crippen LogP contribution is -2.05. The van der Waals surface area contributed by atoms with E-state index in [1.165, 1.54) is 0 Å². The molecule has 3 N–H and O–H groups in total. The predicted molar refractivity (Wildman–Crippen MR) is 51.9 cm³/mol. The van der Waals surface area contributed by atoms with E-state index in [2.05, 4.69) is 0 Å². The highest BCUT2D eigenvalue weighted by Gasteiger charge is 2.21. The number of hydrogen-bond donors (Lipinski definition) is 3. The van der Waals surface area contributed by atoms with Crippen molar-refractivity contribution in [3.05, 3.63) is 38.9 Å². The van der Waals surface area contributed by atoms with Crippen molar-refractivity contribution in [3.63, 3.8) is 0 Å². The van der Waals surface area contributed by atoms with E-state index in [1.807, 2.05) is 0 Å². The van der Waals surface area contributed by atoms with Gasteiger partial charge in [-0.1, -0.05) is 0 Å². The van der Waals surface area contributed by atoms with E-state index in [0.29, 0.717) is 0 Å². The Hall–Kier alpha value is -1.99. The first-order chi connectivity index (χ1) is 7.51. The smallest absolute Gasteiger partial charge is 0.335 e. The Balaban J connectivity index is 3.49. The summed E-state index contributed by atoms with van der Waals surface area (Å²) in [6, 6.07) is 2.03. The lowest BCUT2D eigenvalue weighted by Gasteiger charge is -2.06. The maximum atomic E-state index is 10.7. The van der Waals surface area contributed by atoms with Crippen LogP contribution in [0, 0.1) is 10.1 Å². The molecule has 0 aliphatic carbocycles. The Morgan fingerprint density at radius 1 is 1.25 bits per heavy atom. The zero-order valence-corrected chi connectivity index (χ0v) is 8.08. The quantitative estimate of drug-likeness (QED) is 0.501. The zero-order chi connectivity index (χ0) is 12.3. The van der Waals surface area contributed by atoms with Crippen molar-refractivity contribution in [2.75, 3.05) is 0 Å². The molecule has 0 fully saturated rings. The zero-order valence-electron chi connectivity index (χ0n) is 8.08. The number of carboxylic acids is 1. The first-order valence-corrected chi connectivity index (χ1v) is 4.26. The summed E-state index contributed by atoms with van der Waals surface area (Å²) < 4.78 is 0. The minimum Gasteiger partial charge on any atom is -0.478 e. The van der Waals surface area contributed by atoms with Crippen molar-refractivity contribution in [1.29, 1.82) is 0 Å². The Morgan fingerprint density at radius 3 is 1.94 bits per heavy atom. The third kappa shape index (κ3) is 2.15. The van der Waals surface area contributed by atoms with Crippen molar-refractivity contribution >= 4 is 11.7 Å². The molecule has 1 aromatic carbocycles. The van der Waals surface area contributed by atoms with Gasteiger partial charge in [0, 0.05) is 0 Å². The first kappa shape index (κ1) is 12.1. The summed E-state index contributed by atoms with van der Waals surface area (Å²) in [6.45, 7) is -1.32. The number of rotatable bonds is 4. The van der Waals surface area contributed by atoms with Crippen molar-refractivity contribution in [2.24, 2.45) is 0 Å². The van der Waals surface area contributed by atoms with Crippen LogP contribution in [0.3, 0.4) is 0 Å². The van der Waals surface area contributed by atoms with E-state index < -0.39 is 29.8 Å². The molecular weight excluding hydrogens is 218 g/mol. The Bertz CT molecular complexity index is 417. The van der Waals surface area contributed by atoms with Crippen LogP contribution < -0.4 is 0 Å². The molecule has 0 aliphatic rings. The second kappa shape index (κ2) is 4.69. The molecule has 7 nitrogen and oxygen atoms in total. The third-order valence-electron chi connectivity index (χ3n) is 2.04. The number of carboxylic acid groups (broad SMARTS) is 1. The number of aromatic carboxylic acids is 1. The van der Waals surface area contributed by atoms with Gasteiger partial charge in [0.1, 0.15) is 0 Å². The average molecular weight is 227 g/mol. The number of hydrogen-bond acceptors (Lipinski definition) is 5. The summed E-state index contributed by atoms with van der Waals surface area (Å²) in [5, 5.41) is 37.2. The van der Waals surface area contributed by atoms with Crippen LogP contribution in [-0.4, -0.2) is 26.2 Å². The monoisotopic (exact) mass is 227 g/mol. The highest BCUT2D eigenvalue weighted by Crippen LogP contribution is 2.26. The van der Waals surface area contributed by atoms with Crippen LogP contribution in [0.25, 0.3) is 0 Å². The van der Waals surface area contributed by atoms with Crippen molar-refractivity contribution < 1.29 is 25.0 Å². The molecule has 0 heterocycles. The van der Waals surface area contributed by atoms with Gasteiger partial charge in [-0.3, -0.25) is 10.1 Å². The third-order valence-corrected chi connectivity index (χ3v) is 2.04. The molecule has 0 saturated carbocycles. The number of nitro benzene ring substituents is 1. The van der Waals surface area contributed by atoms with Gasteiger partial charge in [-0.2, -0.15) is 0 Å². The SMILES string of the molecule is O=C(O)c1cc(CO)c([N+](=O)[O-])c(CO)c1. The summed E-state index contributed by atoms with van der Waals surface area (Å²) in [5.74, 6) is -1.28. The van der Waals surface area contributed by atoms with Gasteiger partial charge >= 0.3 is 5.97 Å². The van der Waals surface area contributed by atoms with Gasteiger partial charge < -0.3 is 15.3 Å². The molecule has 0 atom stereocenters. The summed E-state index contributed by atoms with van der Waals surface area (Å²) in [7, 11) is 0.